The SMILES string of the molecule is Cc1nc(C(F)(F)F)ncc1N1CCC2(CCN(c3cnc4c(I)nn(C5CCCCO5)c4n3)CC2)C1. The highest BCUT2D eigenvalue weighted by Gasteiger charge is 2.42. The lowest BCUT2D eigenvalue weighted by atomic mass is 9.78. The molecule has 3 saturated heterocycles. The summed E-state index contributed by atoms with van der Waals surface area (Å²) >= 11 is 2.20. The van der Waals surface area contributed by atoms with Crippen LogP contribution in [0.3, 0.4) is 0 Å². The number of rotatable bonds is 3. The Morgan fingerprint density at radius 2 is 1.78 bits per heavy atom. The first-order chi connectivity index (χ1) is 17.7. The molecule has 3 aliphatic rings. The Morgan fingerprint density at radius 3 is 2.46 bits per heavy atom. The molecular weight excluding hydrogens is 600 g/mol. The molecule has 1 spiro atoms. The fourth-order valence-electron chi connectivity index (χ4n) is 5.80. The average molecular weight is 628 g/mol. The van der Waals surface area contributed by atoms with Crippen LogP contribution in [0, 0.1) is 16.0 Å². The van der Waals surface area contributed by atoms with E-state index in [4.69, 9.17) is 14.7 Å². The monoisotopic (exact) mass is 628 g/mol. The van der Waals surface area contributed by atoms with Crippen molar-refractivity contribution in [1.29, 1.82) is 0 Å². The maximum atomic E-state index is 13.0. The van der Waals surface area contributed by atoms with Crippen LogP contribution in [0.25, 0.3) is 11.2 Å². The Morgan fingerprint density at radius 1 is 1.03 bits per heavy atom. The normalized spacial score (nSPS) is 22.4. The highest BCUT2D eigenvalue weighted by molar-refractivity contribution is 14.1. The minimum absolute atomic E-state index is 0.101. The third kappa shape index (κ3) is 4.72. The van der Waals surface area contributed by atoms with Gasteiger partial charge in [-0.15, -0.1) is 0 Å². The van der Waals surface area contributed by atoms with Crippen molar-refractivity contribution in [3.8, 4) is 0 Å². The quantitative estimate of drug-likeness (QED) is 0.385. The van der Waals surface area contributed by atoms with E-state index < -0.39 is 12.0 Å². The first kappa shape index (κ1) is 25.0. The Labute approximate surface area is 226 Å². The lowest BCUT2D eigenvalue weighted by Crippen LogP contribution is -2.42. The van der Waals surface area contributed by atoms with Crippen LogP contribution in [0.15, 0.2) is 12.4 Å². The van der Waals surface area contributed by atoms with E-state index in [1.165, 1.54) is 6.20 Å². The van der Waals surface area contributed by atoms with Crippen LogP contribution >= 0.6 is 22.6 Å². The van der Waals surface area contributed by atoms with Gasteiger partial charge in [-0.05, 0) is 73.5 Å². The second-order valence-electron chi connectivity index (χ2n) is 10.3. The van der Waals surface area contributed by atoms with E-state index in [0.29, 0.717) is 11.4 Å². The number of anilines is 2. The van der Waals surface area contributed by atoms with Gasteiger partial charge in [0.1, 0.15) is 11.3 Å². The molecule has 0 bridgehead atoms. The maximum absolute atomic E-state index is 13.0. The predicted octanol–water partition coefficient (Wildman–Crippen LogP) is 4.74. The molecule has 0 amide bonds. The van der Waals surface area contributed by atoms with E-state index in [2.05, 4.69) is 47.5 Å². The number of halogens is 4. The predicted molar refractivity (Wildman–Crippen MR) is 139 cm³/mol. The number of piperidine rings is 1. The molecule has 9 nitrogen and oxygen atoms in total. The van der Waals surface area contributed by atoms with E-state index in [0.717, 1.165) is 92.0 Å². The molecule has 198 valence electrons. The van der Waals surface area contributed by atoms with Crippen molar-refractivity contribution in [2.75, 3.05) is 42.6 Å². The zero-order chi connectivity index (χ0) is 25.8. The Hall–Kier alpha value is -2.29. The number of alkyl halides is 3. The maximum Gasteiger partial charge on any atom is 0.451 e. The molecule has 3 aliphatic heterocycles. The summed E-state index contributed by atoms with van der Waals surface area (Å²) in [7, 11) is 0. The number of aromatic nitrogens is 6. The van der Waals surface area contributed by atoms with Crippen molar-refractivity contribution in [3.63, 3.8) is 0 Å². The van der Waals surface area contributed by atoms with E-state index in [1.807, 2.05) is 10.9 Å². The summed E-state index contributed by atoms with van der Waals surface area (Å²) in [6, 6.07) is 0. The fraction of sp³-hybridized carbons (Fsp3) is 0.625. The highest BCUT2D eigenvalue weighted by Crippen LogP contribution is 2.43. The number of hydrogen-bond donors (Lipinski definition) is 0. The van der Waals surface area contributed by atoms with Crippen LogP contribution in [0.2, 0.25) is 0 Å². The Balaban J connectivity index is 1.16. The third-order valence-corrected chi connectivity index (χ3v) is 8.64. The molecule has 3 aromatic rings. The largest absolute Gasteiger partial charge is 0.451 e. The van der Waals surface area contributed by atoms with Crippen LogP contribution in [0.1, 0.15) is 56.3 Å². The van der Waals surface area contributed by atoms with Crippen LogP contribution in [0.5, 0.6) is 0 Å². The van der Waals surface area contributed by atoms with Gasteiger partial charge in [0.25, 0.3) is 0 Å². The van der Waals surface area contributed by atoms with Gasteiger partial charge < -0.3 is 14.5 Å². The van der Waals surface area contributed by atoms with Crippen molar-refractivity contribution in [1.82, 2.24) is 29.7 Å². The van der Waals surface area contributed by atoms with Crippen molar-refractivity contribution in [2.24, 2.45) is 5.41 Å². The second-order valence-corrected chi connectivity index (χ2v) is 11.3. The highest BCUT2D eigenvalue weighted by atomic mass is 127. The van der Waals surface area contributed by atoms with Crippen molar-refractivity contribution in [3.05, 3.63) is 27.6 Å². The summed E-state index contributed by atoms with van der Waals surface area (Å²) in [5, 5.41) is 4.68. The molecular formula is C24H28F3IN8O. The van der Waals surface area contributed by atoms with Gasteiger partial charge in [0.05, 0.1) is 23.8 Å². The van der Waals surface area contributed by atoms with E-state index in [1.54, 1.807) is 6.92 Å². The molecule has 0 aromatic carbocycles. The van der Waals surface area contributed by atoms with Crippen LogP contribution in [0.4, 0.5) is 24.7 Å². The Bertz CT molecular complexity index is 1300. The van der Waals surface area contributed by atoms with Gasteiger partial charge >= 0.3 is 6.18 Å². The van der Waals surface area contributed by atoms with Gasteiger partial charge in [-0.1, -0.05) is 0 Å². The van der Waals surface area contributed by atoms with Crippen molar-refractivity contribution >= 4 is 45.3 Å². The van der Waals surface area contributed by atoms with Gasteiger partial charge in [0.2, 0.25) is 5.82 Å². The molecule has 3 fully saturated rings. The molecule has 1 atom stereocenters. The molecule has 0 radical (unpaired) electrons. The zero-order valence-corrected chi connectivity index (χ0v) is 22.7. The molecule has 37 heavy (non-hydrogen) atoms. The van der Waals surface area contributed by atoms with Gasteiger partial charge in [0.15, 0.2) is 15.6 Å². The van der Waals surface area contributed by atoms with Crippen LogP contribution < -0.4 is 9.80 Å². The molecule has 1 unspecified atom stereocenters. The number of fused-ring (bicyclic) bond motifs is 1. The third-order valence-electron chi connectivity index (χ3n) is 7.91. The Kier molecular flexibility index (Phi) is 6.40. The van der Waals surface area contributed by atoms with Gasteiger partial charge in [-0.3, -0.25) is 0 Å². The van der Waals surface area contributed by atoms with Gasteiger partial charge in [0, 0.05) is 32.8 Å². The summed E-state index contributed by atoms with van der Waals surface area (Å²) in [6.07, 6.45) is 4.58. The number of hydrogen-bond acceptors (Lipinski definition) is 8. The molecule has 0 aliphatic carbocycles. The first-order valence-electron chi connectivity index (χ1n) is 12.7. The van der Waals surface area contributed by atoms with Crippen molar-refractivity contribution < 1.29 is 17.9 Å². The molecule has 0 saturated carbocycles. The first-order valence-corrected chi connectivity index (χ1v) is 13.7. The molecule has 6 rings (SSSR count). The standard InChI is InChI=1S/C24H28F3IN8O/c1-15-16(12-30-22(31-15)24(25,26)27)35-10-7-23(14-35)5-8-34(9-6-23)17-13-29-19-20(28)33-36(21(19)32-17)18-4-2-3-11-37-18/h12-13,18H,2-11,14H2,1H3. The summed E-state index contributed by atoms with van der Waals surface area (Å²) < 4.78 is 47.6. The van der Waals surface area contributed by atoms with Gasteiger partial charge in [-0.25, -0.2) is 24.6 Å². The second kappa shape index (κ2) is 9.47. The summed E-state index contributed by atoms with van der Waals surface area (Å²) in [5.41, 5.74) is 2.74. The molecule has 0 N–H and O–H groups in total. The van der Waals surface area contributed by atoms with Gasteiger partial charge in [-0.2, -0.15) is 18.3 Å². The fourth-order valence-corrected chi connectivity index (χ4v) is 6.41. The van der Waals surface area contributed by atoms with E-state index in [-0.39, 0.29) is 11.6 Å². The lowest BCUT2D eigenvalue weighted by molar-refractivity contribution is -0.145. The topological polar surface area (TPSA) is 85.1 Å². The molecule has 3 aromatic heterocycles. The summed E-state index contributed by atoms with van der Waals surface area (Å²) in [4.78, 5) is 21.4. The zero-order valence-electron chi connectivity index (χ0n) is 20.5. The van der Waals surface area contributed by atoms with Crippen LogP contribution in [-0.4, -0.2) is 62.5 Å². The summed E-state index contributed by atoms with van der Waals surface area (Å²) in [5.74, 6) is -0.238. The smallest absolute Gasteiger partial charge is 0.368 e. The average Bonchev–Trinajstić information content (AvgIpc) is 3.45. The number of nitrogens with zero attached hydrogens (tertiary/aromatic N) is 8. The van der Waals surface area contributed by atoms with E-state index in [9.17, 15) is 13.2 Å². The number of ether oxygens (including phenoxy) is 1. The summed E-state index contributed by atoms with van der Waals surface area (Å²) in [6.45, 7) is 5.65. The minimum atomic E-state index is -4.53. The van der Waals surface area contributed by atoms with Crippen LogP contribution in [-0.2, 0) is 10.9 Å². The minimum Gasteiger partial charge on any atom is -0.368 e. The van der Waals surface area contributed by atoms with Crippen molar-refractivity contribution in [2.45, 2.75) is 57.9 Å². The lowest BCUT2D eigenvalue weighted by Gasteiger charge is -2.39. The number of aryl methyl sites for hydroxylation is 1. The molecule has 13 heteroatoms. The van der Waals surface area contributed by atoms with E-state index >= 15 is 0 Å². The molecule has 6 heterocycles.